The summed E-state index contributed by atoms with van der Waals surface area (Å²) in [6.45, 7) is 2.26. The Morgan fingerprint density at radius 3 is 2.64 bits per heavy atom. The van der Waals surface area contributed by atoms with Gasteiger partial charge in [-0.1, -0.05) is 30.0 Å². The highest BCUT2D eigenvalue weighted by Gasteiger charge is 2.18. The number of carbonyl (C=O) groups excluding carboxylic acids is 2. The number of anilines is 1. The Kier molecular flexibility index (Phi) is 6.49. The van der Waals surface area contributed by atoms with Crippen molar-refractivity contribution < 1.29 is 18.7 Å². The number of thioether (sulfide) groups is 1. The Morgan fingerprint density at radius 1 is 1.18 bits per heavy atom. The van der Waals surface area contributed by atoms with Gasteiger partial charge in [0.15, 0.2) is 23.3 Å². The maximum absolute atomic E-state index is 12.2. The van der Waals surface area contributed by atoms with Gasteiger partial charge in [-0.2, -0.15) is 0 Å². The lowest BCUT2D eigenvalue weighted by Crippen LogP contribution is -2.31. The predicted octanol–water partition coefficient (Wildman–Crippen LogP) is 2.86. The third-order valence-corrected chi connectivity index (χ3v) is 4.91. The summed E-state index contributed by atoms with van der Waals surface area (Å²) in [6, 6.07) is 12.7. The molecule has 0 aliphatic carbocycles. The van der Waals surface area contributed by atoms with Gasteiger partial charge in [0.05, 0.1) is 12.0 Å². The van der Waals surface area contributed by atoms with Crippen LogP contribution in [0.2, 0.25) is 0 Å². The van der Waals surface area contributed by atoms with Gasteiger partial charge in [0.2, 0.25) is 0 Å². The number of aromatic nitrogens is 3. The van der Waals surface area contributed by atoms with E-state index in [1.807, 2.05) is 41.8 Å². The van der Waals surface area contributed by atoms with Gasteiger partial charge in [-0.15, -0.1) is 10.2 Å². The number of ether oxygens (including phenoxy) is 1. The number of para-hydroxylation sites is 1. The molecule has 0 bridgehead atoms. The van der Waals surface area contributed by atoms with E-state index < -0.39 is 5.97 Å². The topological polar surface area (TPSA) is 90.5 Å². The third-order valence-electron chi connectivity index (χ3n) is 3.97. The highest BCUT2D eigenvalue weighted by molar-refractivity contribution is 7.99. The summed E-state index contributed by atoms with van der Waals surface area (Å²) in [5.74, 6) is 0.436. The largest absolute Gasteiger partial charge is 0.461 e. The highest BCUT2D eigenvalue weighted by atomic mass is 32.2. The van der Waals surface area contributed by atoms with E-state index in [9.17, 15) is 9.59 Å². The zero-order chi connectivity index (χ0) is 19.9. The zero-order valence-corrected chi connectivity index (χ0v) is 16.4. The van der Waals surface area contributed by atoms with Crippen molar-refractivity contribution in [1.82, 2.24) is 14.8 Å². The first-order valence-electron chi connectivity index (χ1n) is 8.67. The number of furan rings is 1. The molecule has 146 valence electrons. The molecule has 0 aliphatic rings. The molecule has 2 heterocycles. The molecular weight excluding hydrogens is 380 g/mol. The van der Waals surface area contributed by atoms with Crippen molar-refractivity contribution in [3.05, 3.63) is 48.7 Å². The predicted molar refractivity (Wildman–Crippen MR) is 105 cm³/mol. The summed E-state index contributed by atoms with van der Waals surface area (Å²) in [4.78, 5) is 25.6. The Labute approximate surface area is 166 Å². The molecule has 8 nitrogen and oxygen atoms in total. The normalized spacial score (nSPS) is 10.6. The molecule has 3 aromatic rings. The molecule has 1 amide bonds. The van der Waals surface area contributed by atoms with Gasteiger partial charge in [-0.25, -0.2) is 0 Å². The molecule has 3 rings (SSSR count). The summed E-state index contributed by atoms with van der Waals surface area (Å²) in [5, 5.41) is 8.82. The molecule has 0 unspecified atom stereocenters. The zero-order valence-electron chi connectivity index (χ0n) is 15.6. The Bertz CT molecular complexity index is 925. The molecule has 28 heavy (non-hydrogen) atoms. The summed E-state index contributed by atoms with van der Waals surface area (Å²) >= 11 is 1.20. The minimum Gasteiger partial charge on any atom is -0.461 e. The van der Waals surface area contributed by atoms with E-state index in [-0.39, 0.29) is 18.3 Å². The number of amides is 1. The van der Waals surface area contributed by atoms with E-state index in [2.05, 4.69) is 10.2 Å². The van der Waals surface area contributed by atoms with Crippen LogP contribution in [0.15, 0.2) is 58.3 Å². The van der Waals surface area contributed by atoms with Crippen LogP contribution in [0.4, 0.5) is 5.69 Å². The smallest absolute Gasteiger partial charge is 0.316 e. The van der Waals surface area contributed by atoms with Crippen LogP contribution in [0.1, 0.15) is 6.92 Å². The first kappa shape index (κ1) is 19.7. The van der Waals surface area contributed by atoms with E-state index in [4.69, 9.17) is 9.15 Å². The van der Waals surface area contributed by atoms with Crippen LogP contribution < -0.4 is 4.90 Å². The number of hydrogen-bond acceptors (Lipinski definition) is 7. The Balaban J connectivity index is 1.51. The van der Waals surface area contributed by atoms with Crippen LogP contribution >= 0.6 is 11.8 Å². The lowest BCUT2D eigenvalue weighted by atomic mass is 10.3. The number of hydrogen-bond donors (Lipinski definition) is 0. The van der Waals surface area contributed by atoms with Crippen LogP contribution in [-0.2, 0) is 20.9 Å². The minimum atomic E-state index is -0.495. The SMILES string of the molecule is CCn1c(SCC(=O)OCC(=O)N(C)c2ccccc2)nnc1-c1ccco1. The summed E-state index contributed by atoms with van der Waals surface area (Å²) < 4.78 is 12.3. The van der Waals surface area contributed by atoms with Crippen LogP contribution in [0.5, 0.6) is 0 Å². The van der Waals surface area contributed by atoms with E-state index >= 15 is 0 Å². The Hall–Kier alpha value is -3.07. The van der Waals surface area contributed by atoms with Crippen LogP contribution in [0.25, 0.3) is 11.6 Å². The monoisotopic (exact) mass is 400 g/mol. The molecular formula is C19H20N4O4S. The fraction of sp³-hybridized carbons (Fsp3) is 0.263. The van der Waals surface area contributed by atoms with Crippen molar-refractivity contribution in [1.29, 1.82) is 0 Å². The fourth-order valence-corrected chi connectivity index (χ4v) is 3.27. The second-order valence-corrected chi connectivity index (χ2v) is 6.71. The molecule has 0 spiro atoms. The second kappa shape index (κ2) is 9.23. The number of rotatable bonds is 8. The van der Waals surface area contributed by atoms with Crippen LogP contribution in [0.3, 0.4) is 0 Å². The molecule has 0 saturated carbocycles. The van der Waals surface area contributed by atoms with E-state index in [1.165, 1.54) is 16.7 Å². The number of carbonyl (C=O) groups is 2. The van der Waals surface area contributed by atoms with Crippen molar-refractivity contribution in [2.24, 2.45) is 0 Å². The maximum atomic E-state index is 12.2. The second-order valence-electron chi connectivity index (χ2n) is 5.77. The number of benzene rings is 1. The first-order chi connectivity index (χ1) is 13.6. The van der Waals surface area contributed by atoms with Crippen molar-refractivity contribution in [2.75, 3.05) is 24.3 Å². The van der Waals surface area contributed by atoms with Gasteiger partial charge < -0.3 is 14.1 Å². The molecule has 0 fully saturated rings. The van der Waals surface area contributed by atoms with Gasteiger partial charge in [0.1, 0.15) is 0 Å². The highest BCUT2D eigenvalue weighted by Crippen LogP contribution is 2.24. The van der Waals surface area contributed by atoms with Gasteiger partial charge in [-0.3, -0.25) is 14.2 Å². The number of likely N-dealkylation sites (N-methyl/N-ethyl adjacent to an activating group) is 1. The third kappa shape index (κ3) is 4.61. The first-order valence-corrected chi connectivity index (χ1v) is 9.65. The van der Waals surface area contributed by atoms with Crippen molar-refractivity contribution in [3.63, 3.8) is 0 Å². The minimum absolute atomic E-state index is 0.0264. The molecule has 0 aliphatic heterocycles. The molecule has 0 atom stereocenters. The van der Waals surface area contributed by atoms with Crippen molar-refractivity contribution >= 4 is 29.3 Å². The van der Waals surface area contributed by atoms with E-state index in [0.29, 0.717) is 23.3 Å². The number of nitrogens with zero attached hydrogens (tertiary/aromatic N) is 4. The van der Waals surface area contributed by atoms with Gasteiger partial charge in [-0.05, 0) is 31.2 Å². The lowest BCUT2D eigenvalue weighted by molar-refractivity contribution is -0.145. The van der Waals surface area contributed by atoms with E-state index in [1.54, 1.807) is 25.4 Å². The fourth-order valence-electron chi connectivity index (χ4n) is 2.47. The van der Waals surface area contributed by atoms with Gasteiger partial charge in [0.25, 0.3) is 5.91 Å². The van der Waals surface area contributed by atoms with Gasteiger partial charge in [0, 0.05) is 19.3 Å². The molecule has 9 heteroatoms. The standard InChI is InChI=1S/C19H20N4O4S/c1-3-23-18(15-10-7-11-26-15)20-21-19(23)28-13-17(25)27-12-16(24)22(2)14-8-5-4-6-9-14/h4-11H,3,12-13H2,1-2H3. The molecule has 2 aromatic heterocycles. The number of esters is 1. The van der Waals surface area contributed by atoms with E-state index in [0.717, 1.165) is 5.69 Å². The lowest BCUT2D eigenvalue weighted by Gasteiger charge is -2.17. The van der Waals surface area contributed by atoms with Crippen molar-refractivity contribution in [2.45, 2.75) is 18.6 Å². The average Bonchev–Trinajstić information content (AvgIpc) is 3.39. The molecule has 1 aromatic carbocycles. The molecule has 0 saturated heterocycles. The van der Waals surface area contributed by atoms with Crippen molar-refractivity contribution in [3.8, 4) is 11.6 Å². The summed E-state index contributed by atoms with van der Waals surface area (Å²) in [5.41, 5.74) is 0.736. The van der Waals surface area contributed by atoms with Gasteiger partial charge >= 0.3 is 5.97 Å². The van der Waals surface area contributed by atoms with Crippen LogP contribution in [0, 0.1) is 0 Å². The molecule has 0 radical (unpaired) electrons. The maximum Gasteiger partial charge on any atom is 0.316 e. The summed E-state index contributed by atoms with van der Waals surface area (Å²) in [7, 11) is 1.64. The Morgan fingerprint density at radius 2 is 1.96 bits per heavy atom. The summed E-state index contributed by atoms with van der Waals surface area (Å²) in [6.07, 6.45) is 1.57. The quantitative estimate of drug-likeness (QED) is 0.424. The average molecular weight is 400 g/mol. The molecule has 0 N–H and O–H groups in total. The van der Waals surface area contributed by atoms with Crippen LogP contribution in [-0.4, -0.2) is 46.0 Å².